The zero-order valence-electron chi connectivity index (χ0n) is 15.5. The molecular weight excluding hydrogens is 328 g/mol. The van der Waals surface area contributed by atoms with Gasteiger partial charge in [0, 0.05) is 34.9 Å². The Bertz CT molecular complexity index is 1150. The summed E-state index contributed by atoms with van der Waals surface area (Å²) in [7, 11) is 3.29. The normalized spacial score (nSPS) is 11.3. The summed E-state index contributed by atoms with van der Waals surface area (Å²) in [4.78, 5) is 8.99. The topological polar surface area (TPSA) is 62.1 Å². The van der Waals surface area contributed by atoms with Crippen molar-refractivity contribution in [2.75, 3.05) is 14.2 Å². The van der Waals surface area contributed by atoms with Gasteiger partial charge in [-0.1, -0.05) is 0 Å². The molecule has 0 aliphatic carbocycles. The number of ether oxygens (including phenoxy) is 2. The molecule has 0 unspecified atom stereocenters. The monoisotopic (exact) mass is 348 g/mol. The van der Waals surface area contributed by atoms with E-state index in [0.717, 1.165) is 50.2 Å². The van der Waals surface area contributed by atoms with Crippen LogP contribution in [0.5, 0.6) is 11.5 Å². The maximum absolute atomic E-state index is 5.57. The first-order valence-corrected chi connectivity index (χ1v) is 8.37. The van der Waals surface area contributed by atoms with Crippen LogP contribution in [-0.4, -0.2) is 34.0 Å². The van der Waals surface area contributed by atoms with Gasteiger partial charge >= 0.3 is 0 Å². The van der Waals surface area contributed by atoms with Gasteiger partial charge in [0.15, 0.2) is 0 Å². The smallest absolute Gasteiger partial charge is 0.148 e. The highest BCUT2D eigenvalue weighted by Crippen LogP contribution is 2.37. The molecule has 4 aromatic rings. The van der Waals surface area contributed by atoms with Crippen LogP contribution in [0.25, 0.3) is 27.5 Å². The fourth-order valence-corrected chi connectivity index (χ4v) is 3.46. The highest BCUT2D eigenvalue weighted by atomic mass is 16.5. The molecule has 1 aromatic carbocycles. The molecule has 132 valence electrons. The van der Waals surface area contributed by atoms with Crippen molar-refractivity contribution >= 4 is 21.8 Å². The van der Waals surface area contributed by atoms with Gasteiger partial charge in [-0.15, -0.1) is 0 Å². The minimum absolute atomic E-state index is 0.682. The number of fused-ring (bicyclic) bond motifs is 3. The lowest BCUT2D eigenvalue weighted by Gasteiger charge is -2.12. The van der Waals surface area contributed by atoms with Crippen LogP contribution in [0.15, 0.2) is 30.6 Å². The van der Waals surface area contributed by atoms with E-state index in [9.17, 15) is 0 Å². The van der Waals surface area contributed by atoms with Gasteiger partial charge in [0.05, 0.1) is 31.1 Å². The number of nitrogens with zero attached hydrogens (tertiary/aromatic N) is 4. The summed E-state index contributed by atoms with van der Waals surface area (Å²) in [6.07, 6.45) is 3.62. The lowest BCUT2D eigenvalue weighted by Crippen LogP contribution is -2.01. The lowest BCUT2D eigenvalue weighted by molar-refractivity contribution is 0.397. The van der Waals surface area contributed by atoms with Crippen LogP contribution in [0.4, 0.5) is 0 Å². The Morgan fingerprint density at radius 2 is 1.81 bits per heavy atom. The molecule has 0 aliphatic rings. The maximum Gasteiger partial charge on any atom is 0.148 e. The molecule has 0 fully saturated rings. The first-order chi connectivity index (χ1) is 12.5. The van der Waals surface area contributed by atoms with Gasteiger partial charge < -0.3 is 9.47 Å². The number of pyridine rings is 2. The highest BCUT2D eigenvalue weighted by Gasteiger charge is 2.19. The molecule has 0 saturated carbocycles. The molecule has 4 rings (SSSR count). The van der Waals surface area contributed by atoms with Crippen LogP contribution < -0.4 is 9.47 Å². The Morgan fingerprint density at radius 1 is 1.00 bits per heavy atom. The van der Waals surface area contributed by atoms with E-state index >= 15 is 0 Å². The SMILES string of the molecule is COc1cc(OC)c2nc(C)c3c(C)nn(-c4ccncc4C)c3c2c1. The molecule has 0 amide bonds. The van der Waals surface area contributed by atoms with Gasteiger partial charge in [-0.25, -0.2) is 9.67 Å². The molecule has 0 bridgehead atoms. The van der Waals surface area contributed by atoms with Crippen molar-refractivity contribution in [3.8, 4) is 17.2 Å². The zero-order chi connectivity index (χ0) is 18.4. The zero-order valence-corrected chi connectivity index (χ0v) is 15.5. The van der Waals surface area contributed by atoms with Gasteiger partial charge in [-0.05, 0) is 38.5 Å². The van der Waals surface area contributed by atoms with Crippen molar-refractivity contribution in [2.45, 2.75) is 20.8 Å². The van der Waals surface area contributed by atoms with Gasteiger partial charge in [-0.3, -0.25) is 4.98 Å². The number of benzene rings is 1. The Balaban J connectivity index is 2.23. The van der Waals surface area contributed by atoms with Crippen molar-refractivity contribution in [2.24, 2.45) is 0 Å². The van der Waals surface area contributed by atoms with Gasteiger partial charge in [-0.2, -0.15) is 5.10 Å². The number of methoxy groups -OCH3 is 2. The van der Waals surface area contributed by atoms with E-state index in [1.165, 1.54) is 0 Å². The van der Waals surface area contributed by atoms with E-state index in [1.807, 2.05) is 49.8 Å². The lowest BCUT2D eigenvalue weighted by atomic mass is 10.1. The van der Waals surface area contributed by atoms with Crippen LogP contribution in [0.2, 0.25) is 0 Å². The summed E-state index contributed by atoms with van der Waals surface area (Å²) in [5, 5.41) is 6.80. The average molecular weight is 348 g/mol. The molecule has 26 heavy (non-hydrogen) atoms. The molecule has 3 heterocycles. The van der Waals surface area contributed by atoms with E-state index in [0.29, 0.717) is 5.75 Å². The summed E-state index contributed by atoms with van der Waals surface area (Å²) in [6, 6.07) is 5.81. The minimum atomic E-state index is 0.682. The summed E-state index contributed by atoms with van der Waals surface area (Å²) in [5.41, 5.74) is 5.69. The van der Waals surface area contributed by atoms with E-state index in [1.54, 1.807) is 20.4 Å². The van der Waals surface area contributed by atoms with Crippen molar-refractivity contribution in [1.82, 2.24) is 19.7 Å². The molecule has 0 saturated heterocycles. The largest absolute Gasteiger partial charge is 0.497 e. The molecule has 0 radical (unpaired) electrons. The third-order valence-corrected chi connectivity index (χ3v) is 4.68. The second-order valence-corrected chi connectivity index (χ2v) is 6.31. The quantitative estimate of drug-likeness (QED) is 0.562. The van der Waals surface area contributed by atoms with Crippen LogP contribution in [0.1, 0.15) is 17.0 Å². The Morgan fingerprint density at radius 3 is 2.50 bits per heavy atom. The van der Waals surface area contributed by atoms with Crippen molar-refractivity contribution in [1.29, 1.82) is 0 Å². The standard InChI is InChI=1S/C20H20N4O2/c1-11-10-21-7-6-16(11)24-20-15-8-14(25-4)9-17(26-5)19(15)22-12(2)18(20)13(3)23-24/h6-10H,1-5H3. The average Bonchev–Trinajstić information content (AvgIpc) is 2.99. The Kier molecular flexibility index (Phi) is 3.76. The second-order valence-electron chi connectivity index (χ2n) is 6.31. The van der Waals surface area contributed by atoms with Crippen molar-refractivity contribution in [3.05, 3.63) is 47.5 Å². The maximum atomic E-state index is 5.57. The Labute approximate surface area is 151 Å². The first-order valence-electron chi connectivity index (χ1n) is 8.37. The van der Waals surface area contributed by atoms with E-state index in [2.05, 4.69) is 4.98 Å². The summed E-state index contributed by atoms with van der Waals surface area (Å²) in [6.45, 7) is 6.04. The number of aryl methyl sites for hydroxylation is 3. The fourth-order valence-electron chi connectivity index (χ4n) is 3.46. The van der Waals surface area contributed by atoms with Crippen LogP contribution in [0.3, 0.4) is 0 Å². The van der Waals surface area contributed by atoms with E-state index in [4.69, 9.17) is 19.6 Å². The number of hydrogen-bond donors (Lipinski definition) is 0. The fraction of sp³-hybridized carbons (Fsp3) is 0.250. The van der Waals surface area contributed by atoms with Crippen molar-refractivity contribution in [3.63, 3.8) is 0 Å². The predicted octanol–water partition coefficient (Wildman–Crippen LogP) is 3.91. The number of aromatic nitrogens is 4. The number of hydrogen-bond acceptors (Lipinski definition) is 5. The predicted molar refractivity (Wildman–Crippen MR) is 101 cm³/mol. The molecule has 3 aromatic heterocycles. The summed E-state index contributed by atoms with van der Waals surface area (Å²) >= 11 is 0. The van der Waals surface area contributed by atoms with Crippen molar-refractivity contribution < 1.29 is 9.47 Å². The summed E-state index contributed by atoms with van der Waals surface area (Å²) < 4.78 is 13.0. The van der Waals surface area contributed by atoms with Crippen LogP contribution in [-0.2, 0) is 0 Å². The Hall–Kier alpha value is -3.15. The molecule has 0 aliphatic heterocycles. The molecule has 0 N–H and O–H groups in total. The van der Waals surface area contributed by atoms with Crippen LogP contribution >= 0.6 is 0 Å². The highest BCUT2D eigenvalue weighted by molar-refractivity contribution is 6.08. The third kappa shape index (κ3) is 2.29. The molecular formula is C20H20N4O2. The molecule has 0 atom stereocenters. The third-order valence-electron chi connectivity index (χ3n) is 4.68. The first kappa shape index (κ1) is 16.3. The van der Waals surface area contributed by atoms with Gasteiger partial charge in [0.25, 0.3) is 0 Å². The van der Waals surface area contributed by atoms with E-state index < -0.39 is 0 Å². The molecule has 6 nitrogen and oxygen atoms in total. The van der Waals surface area contributed by atoms with Crippen LogP contribution in [0, 0.1) is 20.8 Å². The minimum Gasteiger partial charge on any atom is -0.497 e. The summed E-state index contributed by atoms with van der Waals surface area (Å²) in [5.74, 6) is 1.40. The van der Waals surface area contributed by atoms with Gasteiger partial charge in [0.2, 0.25) is 0 Å². The van der Waals surface area contributed by atoms with Gasteiger partial charge in [0.1, 0.15) is 17.0 Å². The molecule has 6 heteroatoms. The van der Waals surface area contributed by atoms with E-state index in [-0.39, 0.29) is 0 Å². The number of rotatable bonds is 3. The molecule has 0 spiro atoms. The second kappa shape index (κ2) is 5.98.